The number of likely N-dealkylation sites (tertiary alicyclic amines) is 1. The van der Waals surface area contributed by atoms with Crippen LogP contribution in [-0.2, 0) is 27.4 Å². The molecule has 1 amide bonds. The van der Waals surface area contributed by atoms with E-state index in [1.165, 1.54) is 6.42 Å². The molecule has 2 aromatic rings. The van der Waals surface area contributed by atoms with Crippen molar-refractivity contribution in [2.45, 2.75) is 85.6 Å². The van der Waals surface area contributed by atoms with Gasteiger partial charge in [0.25, 0.3) is 0 Å². The molecule has 2 aromatic carbocycles. The molecule has 2 aliphatic heterocycles. The van der Waals surface area contributed by atoms with E-state index >= 15 is 0 Å². The number of carbonyl (C=O) groups excluding carboxylic acids is 1. The topological polar surface area (TPSA) is 70.1 Å². The standard InChI is InChI=1S/C30H40N2O4/c1-19-10-12-22(13-11-19)26-20(2)23-16-32(25(33)18-31-14-8-7-9-15-31)17-24(23)21(3)27(26)28(29(34)35)36-30(4,5)6/h10-13,28H,7-9,14-18H2,1-6H3,(H,34,35). The van der Waals surface area contributed by atoms with Gasteiger partial charge in [-0.15, -0.1) is 0 Å². The second-order valence-corrected chi connectivity index (χ2v) is 11.4. The normalized spacial score (nSPS) is 17.2. The summed E-state index contributed by atoms with van der Waals surface area (Å²) in [7, 11) is 0. The van der Waals surface area contributed by atoms with Crippen LogP contribution in [0.2, 0.25) is 0 Å². The largest absolute Gasteiger partial charge is 0.479 e. The highest BCUT2D eigenvalue weighted by Crippen LogP contribution is 2.43. The Morgan fingerprint density at radius 1 is 0.944 bits per heavy atom. The molecule has 0 bridgehead atoms. The van der Waals surface area contributed by atoms with Gasteiger partial charge in [-0.1, -0.05) is 36.2 Å². The minimum Gasteiger partial charge on any atom is -0.479 e. The number of carboxylic acids is 1. The average Bonchev–Trinajstić information content (AvgIpc) is 3.27. The number of benzene rings is 2. The summed E-state index contributed by atoms with van der Waals surface area (Å²) in [6.07, 6.45) is 2.44. The Hall–Kier alpha value is -2.70. The van der Waals surface area contributed by atoms with E-state index in [0.717, 1.165) is 64.9 Å². The molecule has 6 nitrogen and oxygen atoms in total. The smallest absolute Gasteiger partial charge is 0.337 e. The van der Waals surface area contributed by atoms with Crippen molar-refractivity contribution >= 4 is 11.9 Å². The van der Waals surface area contributed by atoms with Gasteiger partial charge in [0.15, 0.2) is 6.10 Å². The van der Waals surface area contributed by atoms with Crippen molar-refractivity contribution in [3.05, 3.63) is 57.6 Å². The van der Waals surface area contributed by atoms with Crippen LogP contribution in [0.3, 0.4) is 0 Å². The molecule has 0 spiro atoms. The van der Waals surface area contributed by atoms with Crippen molar-refractivity contribution in [3.63, 3.8) is 0 Å². The molecule has 0 aliphatic carbocycles. The van der Waals surface area contributed by atoms with Gasteiger partial charge in [-0.05, 0) is 101 Å². The Bertz CT molecular complexity index is 1140. The van der Waals surface area contributed by atoms with Crippen molar-refractivity contribution in [1.29, 1.82) is 0 Å². The summed E-state index contributed by atoms with van der Waals surface area (Å²) in [4.78, 5) is 30.0. The third-order valence-electron chi connectivity index (χ3n) is 7.47. The lowest BCUT2D eigenvalue weighted by molar-refractivity contribution is -0.160. The number of ether oxygens (including phenoxy) is 1. The number of hydrogen-bond donors (Lipinski definition) is 1. The summed E-state index contributed by atoms with van der Waals surface area (Å²) in [5.74, 6) is -0.858. The lowest BCUT2D eigenvalue weighted by Crippen LogP contribution is -2.40. The molecule has 1 N–H and O–H groups in total. The van der Waals surface area contributed by atoms with Gasteiger partial charge in [0.1, 0.15) is 0 Å². The maximum Gasteiger partial charge on any atom is 0.337 e. The van der Waals surface area contributed by atoms with Crippen LogP contribution in [0.15, 0.2) is 24.3 Å². The summed E-state index contributed by atoms with van der Waals surface area (Å²) < 4.78 is 6.15. The van der Waals surface area contributed by atoms with Crippen molar-refractivity contribution in [2.75, 3.05) is 19.6 Å². The first-order valence-electron chi connectivity index (χ1n) is 13.1. The molecule has 2 heterocycles. The molecule has 0 aromatic heterocycles. The highest BCUT2D eigenvalue weighted by Gasteiger charge is 2.36. The van der Waals surface area contributed by atoms with Gasteiger partial charge < -0.3 is 14.7 Å². The Labute approximate surface area is 215 Å². The van der Waals surface area contributed by atoms with E-state index in [0.29, 0.717) is 25.2 Å². The van der Waals surface area contributed by atoms with Gasteiger partial charge in [-0.3, -0.25) is 9.69 Å². The monoisotopic (exact) mass is 492 g/mol. The number of rotatable bonds is 6. The Balaban J connectivity index is 1.79. The number of amides is 1. The van der Waals surface area contributed by atoms with E-state index in [2.05, 4.69) is 36.1 Å². The van der Waals surface area contributed by atoms with Crippen LogP contribution in [-0.4, -0.2) is 52.0 Å². The van der Waals surface area contributed by atoms with Crippen molar-refractivity contribution in [2.24, 2.45) is 0 Å². The summed E-state index contributed by atoms with van der Waals surface area (Å²) in [6, 6.07) is 8.21. The molecular formula is C30H40N2O4. The maximum atomic E-state index is 13.3. The fourth-order valence-corrected chi connectivity index (χ4v) is 5.61. The third kappa shape index (κ3) is 5.50. The van der Waals surface area contributed by atoms with Gasteiger partial charge in [0.05, 0.1) is 12.1 Å². The first-order chi connectivity index (χ1) is 17.0. The van der Waals surface area contributed by atoms with Gasteiger partial charge in [0, 0.05) is 18.7 Å². The fourth-order valence-electron chi connectivity index (χ4n) is 5.61. The zero-order valence-electron chi connectivity index (χ0n) is 22.6. The fraction of sp³-hybridized carbons (Fsp3) is 0.533. The highest BCUT2D eigenvalue weighted by atomic mass is 16.5. The molecule has 0 radical (unpaired) electrons. The Morgan fingerprint density at radius 3 is 2.08 bits per heavy atom. The lowest BCUT2D eigenvalue weighted by atomic mass is 9.83. The molecule has 0 saturated carbocycles. The first-order valence-corrected chi connectivity index (χ1v) is 13.1. The van der Waals surface area contributed by atoms with Gasteiger partial charge >= 0.3 is 5.97 Å². The Kier molecular flexibility index (Phi) is 7.58. The van der Waals surface area contributed by atoms with Crippen LogP contribution >= 0.6 is 0 Å². The first kappa shape index (κ1) is 26.4. The van der Waals surface area contributed by atoms with E-state index in [1.807, 2.05) is 39.5 Å². The van der Waals surface area contributed by atoms with Crippen molar-refractivity contribution in [3.8, 4) is 11.1 Å². The van der Waals surface area contributed by atoms with Gasteiger partial charge in [-0.2, -0.15) is 0 Å². The van der Waals surface area contributed by atoms with E-state index in [9.17, 15) is 14.7 Å². The Morgan fingerprint density at radius 2 is 1.53 bits per heavy atom. The predicted octanol–water partition coefficient (Wildman–Crippen LogP) is 5.55. The molecular weight excluding hydrogens is 452 g/mol. The van der Waals surface area contributed by atoms with Crippen molar-refractivity contribution in [1.82, 2.24) is 9.80 Å². The molecule has 2 aliphatic rings. The zero-order chi connectivity index (χ0) is 26.2. The molecule has 1 fully saturated rings. The summed E-state index contributed by atoms with van der Waals surface area (Å²) in [6.45, 7) is 15.2. The molecule has 1 atom stereocenters. The number of nitrogens with zero attached hydrogens (tertiary/aromatic N) is 2. The molecule has 1 unspecified atom stereocenters. The van der Waals surface area contributed by atoms with E-state index < -0.39 is 17.7 Å². The van der Waals surface area contributed by atoms with Crippen LogP contribution in [0.1, 0.15) is 79.5 Å². The second kappa shape index (κ2) is 10.3. The number of carboxylic acid groups (broad SMARTS) is 1. The predicted molar refractivity (Wildman–Crippen MR) is 142 cm³/mol. The molecule has 1 saturated heterocycles. The minimum absolute atomic E-state index is 0.145. The second-order valence-electron chi connectivity index (χ2n) is 11.4. The molecule has 6 heteroatoms. The van der Waals surface area contributed by atoms with Gasteiger partial charge in [-0.25, -0.2) is 4.79 Å². The SMILES string of the molecule is Cc1ccc(-c2c(C)c3c(c(C)c2C(OC(C)(C)C)C(=O)O)CN(C(=O)CN2CCCCC2)C3)cc1. The minimum atomic E-state index is -1.11. The molecule has 36 heavy (non-hydrogen) atoms. The summed E-state index contributed by atoms with van der Waals surface area (Å²) in [5.41, 5.74) is 7.24. The van der Waals surface area contributed by atoms with Crippen LogP contribution in [0, 0.1) is 20.8 Å². The third-order valence-corrected chi connectivity index (χ3v) is 7.47. The number of aliphatic carboxylic acids is 1. The number of fused-ring (bicyclic) bond motifs is 1. The number of piperidine rings is 1. The number of carbonyl (C=O) groups is 2. The van der Waals surface area contributed by atoms with Crippen LogP contribution in [0.25, 0.3) is 11.1 Å². The summed E-state index contributed by atoms with van der Waals surface area (Å²) in [5, 5.41) is 10.3. The van der Waals surface area contributed by atoms with E-state index in [4.69, 9.17) is 4.74 Å². The highest BCUT2D eigenvalue weighted by molar-refractivity contribution is 5.85. The van der Waals surface area contributed by atoms with Crippen LogP contribution in [0.5, 0.6) is 0 Å². The molecule has 4 rings (SSSR count). The van der Waals surface area contributed by atoms with Crippen molar-refractivity contribution < 1.29 is 19.4 Å². The summed E-state index contributed by atoms with van der Waals surface area (Å²) >= 11 is 0. The number of aryl methyl sites for hydroxylation is 1. The molecule has 194 valence electrons. The zero-order valence-corrected chi connectivity index (χ0v) is 22.6. The number of hydrogen-bond acceptors (Lipinski definition) is 4. The maximum absolute atomic E-state index is 13.3. The lowest BCUT2D eigenvalue weighted by Gasteiger charge is -2.29. The van der Waals surface area contributed by atoms with E-state index in [-0.39, 0.29) is 5.91 Å². The van der Waals surface area contributed by atoms with Crippen LogP contribution < -0.4 is 0 Å². The quantitative estimate of drug-likeness (QED) is 0.573. The van der Waals surface area contributed by atoms with Crippen LogP contribution in [0.4, 0.5) is 0 Å². The van der Waals surface area contributed by atoms with Gasteiger partial charge in [0.2, 0.25) is 5.91 Å². The van der Waals surface area contributed by atoms with E-state index in [1.54, 1.807) is 0 Å². The average molecular weight is 493 g/mol.